The number of fused-ring (bicyclic) bond motifs is 1. The second-order valence-corrected chi connectivity index (χ2v) is 8.86. The molecule has 1 amide bonds. The van der Waals surface area contributed by atoms with Gasteiger partial charge in [-0.05, 0) is 49.8 Å². The van der Waals surface area contributed by atoms with Gasteiger partial charge in [0.1, 0.15) is 23.5 Å². The fourth-order valence-electron chi connectivity index (χ4n) is 5.06. The van der Waals surface area contributed by atoms with E-state index in [1.54, 1.807) is 25.6 Å². The van der Waals surface area contributed by atoms with Gasteiger partial charge in [-0.15, -0.1) is 0 Å². The van der Waals surface area contributed by atoms with E-state index in [-0.39, 0.29) is 23.3 Å². The van der Waals surface area contributed by atoms with E-state index in [0.717, 1.165) is 54.8 Å². The average molecular weight is 431 g/mol. The molecule has 3 aromatic rings. The Morgan fingerprint density at radius 3 is 2.97 bits per heavy atom. The number of hydrogen-bond acceptors (Lipinski definition) is 6. The van der Waals surface area contributed by atoms with Gasteiger partial charge in [-0.2, -0.15) is 5.26 Å². The van der Waals surface area contributed by atoms with Crippen LogP contribution in [0, 0.1) is 22.7 Å². The van der Waals surface area contributed by atoms with Gasteiger partial charge in [-0.25, -0.2) is 9.97 Å². The topological polar surface area (TPSA) is 107 Å². The normalized spacial score (nSPS) is 20.0. The van der Waals surface area contributed by atoms with E-state index in [2.05, 4.69) is 31.2 Å². The van der Waals surface area contributed by atoms with Crippen molar-refractivity contribution in [2.45, 2.75) is 32.2 Å². The van der Waals surface area contributed by atoms with E-state index in [0.29, 0.717) is 11.3 Å². The molecule has 2 atom stereocenters. The Morgan fingerprint density at radius 2 is 2.22 bits per heavy atom. The molecule has 1 aromatic carbocycles. The van der Waals surface area contributed by atoms with Gasteiger partial charge in [0.05, 0.1) is 30.2 Å². The zero-order chi connectivity index (χ0) is 22.3. The molecule has 3 heterocycles. The molecule has 32 heavy (non-hydrogen) atoms. The predicted molar refractivity (Wildman–Crippen MR) is 120 cm³/mol. The molecule has 1 unspecified atom stereocenters. The number of methoxy groups -OCH3 is 1. The van der Waals surface area contributed by atoms with E-state index in [1.165, 1.54) is 0 Å². The first-order valence-electron chi connectivity index (χ1n) is 11.0. The molecule has 164 valence electrons. The highest BCUT2D eigenvalue weighted by molar-refractivity contribution is 5.88. The van der Waals surface area contributed by atoms with Crippen LogP contribution in [0.15, 0.2) is 36.8 Å². The number of nitrogens with zero attached hydrogens (tertiary/aromatic N) is 4. The van der Waals surface area contributed by atoms with Gasteiger partial charge in [0.2, 0.25) is 5.91 Å². The summed E-state index contributed by atoms with van der Waals surface area (Å²) in [5.74, 6) is 1.63. The van der Waals surface area contributed by atoms with E-state index in [1.807, 2.05) is 25.3 Å². The first kappa shape index (κ1) is 20.3. The summed E-state index contributed by atoms with van der Waals surface area (Å²) in [6.07, 6.45) is 6.38. The summed E-state index contributed by atoms with van der Waals surface area (Å²) in [4.78, 5) is 27.6. The molecule has 0 bridgehead atoms. The lowest BCUT2D eigenvalue weighted by Crippen LogP contribution is -2.48. The van der Waals surface area contributed by atoms with Gasteiger partial charge in [-0.3, -0.25) is 4.79 Å². The smallest absolute Gasteiger partial charge is 0.224 e. The van der Waals surface area contributed by atoms with Gasteiger partial charge in [-0.1, -0.05) is 6.07 Å². The first-order chi connectivity index (χ1) is 15.5. The number of H-pyrrole nitrogens is 1. The third-order valence-corrected chi connectivity index (χ3v) is 6.96. The Morgan fingerprint density at radius 1 is 1.38 bits per heavy atom. The number of nitriles is 1. The Hall–Kier alpha value is -3.60. The number of hydrogen-bond donors (Lipinski definition) is 2. The van der Waals surface area contributed by atoms with Crippen molar-refractivity contribution in [3.63, 3.8) is 0 Å². The highest BCUT2D eigenvalue weighted by atomic mass is 16.5. The quantitative estimate of drug-likeness (QED) is 0.643. The molecule has 1 saturated heterocycles. The summed E-state index contributed by atoms with van der Waals surface area (Å²) < 4.78 is 5.46. The monoisotopic (exact) mass is 430 g/mol. The first-order valence-corrected chi connectivity index (χ1v) is 11.0. The number of carbonyl (C=O) groups excluding carboxylic acids is 1. The summed E-state index contributed by atoms with van der Waals surface area (Å²) in [5, 5.41) is 13.4. The Labute approximate surface area is 186 Å². The Kier molecular flexibility index (Phi) is 4.97. The van der Waals surface area contributed by atoms with Crippen molar-refractivity contribution in [2.24, 2.45) is 11.3 Å². The third-order valence-electron chi connectivity index (χ3n) is 6.96. The van der Waals surface area contributed by atoms with Crippen LogP contribution in [0.4, 0.5) is 5.82 Å². The molecular formula is C24H26N6O2. The van der Waals surface area contributed by atoms with E-state index in [4.69, 9.17) is 10.00 Å². The number of amides is 1. The molecule has 8 nitrogen and oxygen atoms in total. The molecule has 0 radical (unpaired) electrons. The molecule has 2 aliphatic rings. The van der Waals surface area contributed by atoms with Gasteiger partial charge in [0, 0.05) is 30.8 Å². The highest BCUT2D eigenvalue weighted by Gasteiger charge is 2.55. The van der Waals surface area contributed by atoms with Crippen molar-refractivity contribution in [3.8, 4) is 11.8 Å². The number of piperidine rings is 1. The number of carbonyl (C=O) groups is 1. The maximum absolute atomic E-state index is 13.3. The third kappa shape index (κ3) is 3.44. The highest BCUT2D eigenvalue weighted by Crippen LogP contribution is 2.56. The van der Waals surface area contributed by atoms with Crippen LogP contribution in [0.25, 0.3) is 11.0 Å². The predicted octanol–water partition coefficient (Wildman–Crippen LogP) is 3.32. The maximum atomic E-state index is 13.3. The van der Waals surface area contributed by atoms with Crippen molar-refractivity contribution >= 4 is 22.8 Å². The van der Waals surface area contributed by atoms with E-state index in [9.17, 15) is 4.79 Å². The summed E-state index contributed by atoms with van der Waals surface area (Å²) >= 11 is 0. The lowest BCUT2D eigenvalue weighted by Gasteiger charge is -2.39. The van der Waals surface area contributed by atoms with Gasteiger partial charge in [0.25, 0.3) is 0 Å². The van der Waals surface area contributed by atoms with Crippen LogP contribution in [0.5, 0.6) is 5.75 Å². The summed E-state index contributed by atoms with van der Waals surface area (Å²) in [7, 11) is 1.58. The number of nitrogens with one attached hydrogen (secondary N) is 2. The average Bonchev–Trinajstić information content (AvgIpc) is 3.39. The van der Waals surface area contributed by atoms with Crippen LogP contribution < -0.4 is 15.0 Å². The fraction of sp³-hybridized carbons (Fsp3) is 0.417. The molecule has 2 N–H and O–H groups in total. The second kappa shape index (κ2) is 7.83. The SMILES string of the molecule is COc1cc(C#N)ccc1[C@H](C)NC(=O)C1CCN(c2ncnc3[nH]ccc23)CC12CC2. The molecule has 2 fully saturated rings. The van der Waals surface area contributed by atoms with Gasteiger partial charge < -0.3 is 19.9 Å². The minimum Gasteiger partial charge on any atom is -0.496 e. The zero-order valence-corrected chi connectivity index (χ0v) is 18.3. The molecule has 1 aliphatic heterocycles. The van der Waals surface area contributed by atoms with Crippen LogP contribution in [-0.4, -0.2) is 41.1 Å². The van der Waals surface area contributed by atoms with Crippen LogP contribution in [0.2, 0.25) is 0 Å². The zero-order valence-electron chi connectivity index (χ0n) is 18.3. The minimum absolute atomic E-state index is 0.00435. The van der Waals surface area contributed by atoms with E-state index < -0.39 is 0 Å². The number of anilines is 1. The molecule has 2 aromatic heterocycles. The summed E-state index contributed by atoms with van der Waals surface area (Å²) in [5.41, 5.74) is 2.25. The van der Waals surface area contributed by atoms with Crippen LogP contribution in [0.1, 0.15) is 43.4 Å². The number of ether oxygens (including phenoxy) is 1. The van der Waals surface area contributed by atoms with Crippen molar-refractivity contribution in [1.82, 2.24) is 20.3 Å². The molecule has 1 saturated carbocycles. The fourth-order valence-corrected chi connectivity index (χ4v) is 5.06. The molecule has 1 aliphatic carbocycles. The maximum Gasteiger partial charge on any atom is 0.224 e. The van der Waals surface area contributed by atoms with Gasteiger partial charge in [0.15, 0.2) is 0 Å². The van der Waals surface area contributed by atoms with Crippen molar-refractivity contribution in [1.29, 1.82) is 5.26 Å². The molecular weight excluding hydrogens is 404 g/mol. The number of aromatic nitrogens is 3. The van der Waals surface area contributed by atoms with Gasteiger partial charge >= 0.3 is 0 Å². The Balaban J connectivity index is 1.31. The molecule has 8 heteroatoms. The minimum atomic E-state index is -0.208. The Bertz CT molecular complexity index is 1210. The van der Waals surface area contributed by atoms with Crippen molar-refractivity contribution < 1.29 is 9.53 Å². The molecule has 5 rings (SSSR count). The van der Waals surface area contributed by atoms with Crippen LogP contribution >= 0.6 is 0 Å². The standard InChI is InChI=1S/C24H26N6O2/c1-15(17-4-3-16(12-25)11-20(17)32-2)29-23(31)19-6-10-30(13-24(19)7-8-24)22-18-5-9-26-21(18)27-14-28-22/h3-5,9,11,14-15,19H,6-8,10,13H2,1-2H3,(H,29,31)(H,26,27,28)/t15-,19?/m0/s1. The van der Waals surface area contributed by atoms with Crippen LogP contribution in [0.3, 0.4) is 0 Å². The lowest BCUT2D eigenvalue weighted by molar-refractivity contribution is -0.128. The lowest BCUT2D eigenvalue weighted by atomic mass is 9.81. The number of aromatic amines is 1. The largest absolute Gasteiger partial charge is 0.496 e. The van der Waals surface area contributed by atoms with Crippen molar-refractivity contribution in [3.05, 3.63) is 47.9 Å². The van der Waals surface area contributed by atoms with Crippen LogP contribution in [-0.2, 0) is 4.79 Å². The number of benzene rings is 1. The summed E-state index contributed by atoms with van der Waals surface area (Å²) in [6.45, 7) is 3.57. The summed E-state index contributed by atoms with van der Waals surface area (Å²) in [6, 6.07) is 9.25. The molecule has 1 spiro atoms. The van der Waals surface area contributed by atoms with Crippen molar-refractivity contribution in [2.75, 3.05) is 25.1 Å². The second-order valence-electron chi connectivity index (χ2n) is 8.86. The van der Waals surface area contributed by atoms with E-state index >= 15 is 0 Å². The number of rotatable bonds is 5.